The van der Waals surface area contributed by atoms with Gasteiger partial charge < -0.3 is 24.2 Å². The SMILES string of the molecule is CCCN1C(=O)C(=O)/C(=C(/O)c2cc(OC)c(Cl)cc2OC)C1c1ccc(OCC)cc1. The molecular weight excluding hydrogens is 434 g/mol. The van der Waals surface area contributed by atoms with Crippen LogP contribution in [0.4, 0.5) is 0 Å². The summed E-state index contributed by atoms with van der Waals surface area (Å²) < 4.78 is 16.1. The maximum atomic E-state index is 13.0. The van der Waals surface area contributed by atoms with E-state index >= 15 is 0 Å². The quantitative estimate of drug-likeness (QED) is 0.353. The summed E-state index contributed by atoms with van der Waals surface area (Å²) in [5, 5.41) is 11.6. The molecule has 1 fully saturated rings. The molecule has 2 aromatic rings. The lowest BCUT2D eigenvalue weighted by Gasteiger charge is -2.25. The number of aliphatic hydroxyl groups is 1. The second-order valence-corrected chi connectivity index (χ2v) is 7.59. The van der Waals surface area contributed by atoms with Crippen molar-refractivity contribution in [3.63, 3.8) is 0 Å². The Morgan fingerprint density at radius 2 is 1.72 bits per heavy atom. The number of hydrogen-bond donors (Lipinski definition) is 1. The summed E-state index contributed by atoms with van der Waals surface area (Å²) >= 11 is 6.18. The summed E-state index contributed by atoms with van der Waals surface area (Å²) in [4.78, 5) is 27.4. The molecule has 170 valence electrons. The maximum Gasteiger partial charge on any atom is 0.295 e. The molecule has 2 aromatic carbocycles. The molecule has 1 amide bonds. The van der Waals surface area contributed by atoms with Gasteiger partial charge in [-0.15, -0.1) is 0 Å². The smallest absolute Gasteiger partial charge is 0.295 e. The molecule has 1 aliphatic heterocycles. The van der Waals surface area contributed by atoms with Gasteiger partial charge in [0.15, 0.2) is 0 Å². The zero-order valence-corrected chi connectivity index (χ0v) is 19.2. The molecule has 0 aromatic heterocycles. The van der Waals surface area contributed by atoms with Crippen LogP contribution in [0.25, 0.3) is 5.76 Å². The van der Waals surface area contributed by atoms with E-state index in [4.69, 9.17) is 25.8 Å². The molecule has 0 spiro atoms. The molecule has 32 heavy (non-hydrogen) atoms. The third-order valence-corrected chi connectivity index (χ3v) is 5.54. The predicted molar refractivity (Wildman–Crippen MR) is 121 cm³/mol. The molecule has 7 nitrogen and oxygen atoms in total. The van der Waals surface area contributed by atoms with Crippen molar-refractivity contribution >= 4 is 29.1 Å². The highest BCUT2D eigenvalue weighted by Gasteiger charge is 2.46. The standard InChI is InChI=1S/C24H26ClNO6/c1-5-11-26-21(14-7-9-15(10-8-14)32-6-2)20(23(28)24(26)29)22(27)16-12-19(31-4)17(25)13-18(16)30-3/h7-10,12-13,21,27H,5-6,11H2,1-4H3/b22-20+. The van der Waals surface area contributed by atoms with E-state index in [0.717, 1.165) is 0 Å². The first-order valence-electron chi connectivity index (χ1n) is 10.3. The molecular formula is C24H26ClNO6. The highest BCUT2D eigenvalue weighted by molar-refractivity contribution is 6.46. The number of amides is 1. The van der Waals surface area contributed by atoms with Crippen LogP contribution >= 0.6 is 11.6 Å². The molecule has 1 saturated heterocycles. The Bertz CT molecular complexity index is 1050. The van der Waals surface area contributed by atoms with Crippen molar-refractivity contribution in [1.82, 2.24) is 4.90 Å². The van der Waals surface area contributed by atoms with Crippen LogP contribution in [0.15, 0.2) is 42.0 Å². The number of methoxy groups -OCH3 is 2. The van der Waals surface area contributed by atoms with E-state index in [0.29, 0.717) is 36.6 Å². The second-order valence-electron chi connectivity index (χ2n) is 7.18. The van der Waals surface area contributed by atoms with Crippen molar-refractivity contribution < 1.29 is 28.9 Å². The van der Waals surface area contributed by atoms with Crippen LogP contribution in [0.1, 0.15) is 37.4 Å². The van der Waals surface area contributed by atoms with Crippen molar-refractivity contribution in [1.29, 1.82) is 0 Å². The van der Waals surface area contributed by atoms with E-state index in [1.54, 1.807) is 24.3 Å². The average molecular weight is 460 g/mol. The van der Waals surface area contributed by atoms with Gasteiger partial charge in [0.05, 0.1) is 43.0 Å². The summed E-state index contributed by atoms with van der Waals surface area (Å²) in [6, 6.07) is 9.35. The van der Waals surface area contributed by atoms with Crippen molar-refractivity contribution in [3.8, 4) is 17.2 Å². The van der Waals surface area contributed by atoms with Gasteiger partial charge in [-0.2, -0.15) is 0 Å². The van der Waals surface area contributed by atoms with Crippen LogP contribution in [0, 0.1) is 0 Å². The zero-order valence-electron chi connectivity index (χ0n) is 18.5. The topological polar surface area (TPSA) is 85.3 Å². The van der Waals surface area contributed by atoms with Gasteiger partial charge in [0.2, 0.25) is 0 Å². The summed E-state index contributed by atoms with van der Waals surface area (Å²) in [6.07, 6.45) is 0.651. The van der Waals surface area contributed by atoms with Crippen LogP contribution in [0.3, 0.4) is 0 Å². The van der Waals surface area contributed by atoms with E-state index < -0.39 is 17.7 Å². The van der Waals surface area contributed by atoms with Crippen molar-refractivity contribution in [3.05, 3.63) is 58.1 Å². The Hall–Kier alpha value is -3.19. The van der Waals surface area contributed by atoms with Crippen molar-refractivity contribution in [2.45, 2.75) is 26.3 Å². The third-order valence-electron chi connectivity index (χ3n) is 5.24. The minimum Gasteiger partial charge on any atom is -0.507 e. The van der Waals surface area contributed by atoms with Gasteiger partial charge >= 0.3 is 0 Å². The third kappa shape index (κ3) is 4.25. The lowest BCUT2D eigenvalue weighted by Crippen LogP contribution is -2.30. The first-order valence-corrected chi connectivity index (χ1v) is 10.7. The molecule has 8 heteroatoms. The molecule has 0 bridgehead atoms. The number of likely N-dealkylation sites (tertiary alicyclic amines) is 1. The van der Waals surface area contributed by atoms with Gasteiger partial charge in [-0.3, -0.25) is 9.59 Å². The van der Waals surface area contributed by atoms with Crippen LogP contribution in [0.5, 0.6) is 17.2 Å². The van der Waals surface area contributed by atoms with Crippen LogP contribution in [0.2, 0.25) is 5.02 Å². The van der Waals surface area contributed by atoms with Crippen molar-refractivity contribution in [2.75, 3.05) is 27.4 Å². The number of halogens is 1. The molecule has 0 saturated carbocycles. The normalized spacial score (nSPS) is 17.5. The first kappa shape index (κ1) is 23.5. The molecule has 3 rings (SSSR count). The number of carbonyl (C=O) groups excluding carboxylic acids is 2. The number of ketones is 1. The fourth-order valence-electron chi connectivity index (χ4n) is 3.80. The molecule has 1 atom stereocenters. The van der Waals surface area contributed by atoms with Gasteiger partial charge in [0.25, 0.3) is 11.7 Å². The largest absolute Gasteiger partial charge is 0.507 e. The number of nitrogens with zero attached hydrogens (tertiary/aromatic N) is 1. The Labute approximate surface area is 192 Å². The van der Waals surface area contributed by atoms with Gasteiger partial charge in [-0.05, 0) is 37.1 Å². The van der Waals surface area contributed by atoms with E-state index in [2.05, 4.69) is 0 Å². The fraction of sp³-hybridized carbons (Fsp3) is 0.333. The van der Waals surface area contributed by atoms with E-state index in [9.17, 15) is 14.7 Å². The van der Waals surface area contributed by atoms with E-state index in [-0.39, 0.29) is 27.7 Å². The van der Waals surface area contributed by atoms with Crippen LogP contribution in [-0.4, -0.2) is 49.1 Å². The Morgan fingerprint density at radius 3 is 2.28 bits per heavy atom. The Morgan fingerprint density at radius 1 is 1.06 bits per heavy atom. The summed E-state index contributed by atoms with van der Waals surface area (Å²) in [6.45, 7) is 4.69. The van der Waals surface area contributed by atoms with Crippen molar-refractivity contribution in [2.24, 2.45) is 0 Å². The van der Waals surface area contributed by atoms with Crippen LogP contribution in [-0.2, 0) is 9.59 Å². The number of rotatable bonds is 8. The number of Topliss-reactive ketones (excluding diaryl/α,β-unsaturated/α-hetero) is 1. The van der Waals surface area contributed by atoms with Gasteiger partial charge in [-0.25, -0.2) is 0 Å². The van der Waals surface area contributed by atoms with Gasteiger partial charge in [0.1, 0.15) is 23.0 Å². The maximum absolute atomic E-state index is 13.0. The summed E-state index contributed by atoms with van der Waals surface area (Å²) in [5.74, 6) is -0.548. The predicted octanol–water partition coefficient (Wildman–Crippen LogP) is 4.59. The van der Waals surface area contributed by atoms with Gasteiger partial charge in [0, 0.05) is 12.6 Å². The lowest BCUT2D eigenvalue weighted by atomic mass is 9.94. The number of hydrogen-bond acceptors (Lipinski definition) is 6. The number of carbonyl (C=O) groups is 2. The zero-order chi connectivity index (χ0) is 23.4. The molecule has 1 unspecified atom stereocenters. The molecule has 0 aliphatic carbocycles. The Balaban J connectivity index is 2.22. The van der Waals surface area contributed by atoms with E-state index in [1.807, 2.05) is 13.8 Å². The van der Waals surface area contributed by atoms with Crippen LogP contribution < -0.4 is 14.2 Å². The highest BCUT2D eigenvalue weighted by Crippen LogP contribution is 2.43. The average Bonchev–Trinajstić information content (AvgIpc) is 3.04. The molecule has 1 N–H and O–H groups in total. The lowest BCUT2D eigenvalue weighted by molar-refractivity contribution is -0.139. The molecule has 0 radical (unpaired) electrons. The Kier molecular flexibility index (Phi) is 7.30. The number of benzene rings is 2. The first-order chi connectivity index (χ1) is 15.4. The summed E-state index contributed by atoms with van der Waals surface area (Å²) in [5.41, 5.74) is 0.872. The summed E-state index contributed by atoms with van der Waals surface area (Å²) in [7, 11) is 2.87. The number of ether oxygens (including phenoxy) is 3. The minimum atomic E-state index is -0.759. The highest BCUT2D eigenvalue weighted by atomic mass is 35.5. The fourth-order valence-corrected chi connectivity index (χ4v) is 4.03. The number of aliphatic hydroxyl groups excluding tert-OH is 1. The van der Waals surface area contributed by atoms with E-state index in [1.165, 1.54) is 31.3 Å². The molecule has 1 heterocycles. The minimum absolute atomic E-state index is 0.0183. The van der Waals surface area contributed by atoms with Gasteiger partial charge in [-0.1, -0.05) is 30.7 Å². The second kappa shape index (κ2) is 9.96. The monoisotopic (exact) mass is 459 g/mol. The molecule has 1 aliphatic rings.